The highest BCUT2D eigenvalue weighted by atomic mass is 32.1. The molecule has 5 nitrogen and oxygen atoms in total. The van der Waals surface area contributed by atoms with Crippen molar-refractivity contribution < 1.29 is 13.9 Å². The Bertz CT molecular complexity index is 1740. The van der Waals surface area contributed by atoms with Gasteiger partial charge in [0.1, 0.15) is 12.4 Å². The summed E-state index contributed by atoms with van der Waals surface area (Å²) in [5.74, 6) is 0.909. The van der Waals surface area contributed by atoms with Crippen LogP contribution in [0.1, 0.15) is 34.7 Å². The Hall–Kier alpha value is -3.97. The van der Waals surface area contributed by atoms with Crippen LogP contribution in [0.5, 0.6) is 11.5 Å². The lowest BCUT2D eigenvalue weighted by Crippen LogP contribution is -2.22. The van der Waals surface area contributed by atoms with Gasteiger partial charge in [-0.05, 0) is 91.9 Å². The maximum absolute atomic E-state index is 13.4. The molecule has 0 aliphatic heterocycles. The van der Waals surface area contributed by atoms with E-state index in [9.17, 15) is 9.18 Å². The Morgan fingerprint density at radius 3 is 2.57 bits per heavy atom. The first kappa shape index (κ1) is 24.7. The maximum atomic E-state index is 13.4. The molecule has 0 atom stereocenters. The van der Waals surface area contributed by atoms with Crippen LogP contribution in [0, 0.1) is 19.7 Å². The van der Waals surface area contributed by atoms with Gasteiger partial charge < -0.3 is 9.47 Å². The molecule has 0 aliphatic carbocycles. The van der Waals surface area contributed by atoms with E-state index >= 15 is 0 Å². The Morgan fingerprint density at radius 2 is 1.84 bits per heavy atom. The van der Waals surface area contributed by atoms with Crippen LogP contribution in [0.3, 0.4) is 0 Å². The summed E-state index contributed by atoms with van der Waals surface area (Å²) in [4.78, 5) is 18.7. The number of allylic oxidation sites excluding steroid dienone is 1. The number of rotatable bonds is 8. The van der Waals surface area contributed by atoms with Crippen LogP contribution >= 0.6 is 11.3 Å². The number of hydrogen-bond acceptors (Lipinski definition) is 5. The molecule has 0 fully saturated rings. The fourth-order valence-corrected chi connectivity index (χ4v) is 5.29. The van der Waals surface area contributed by atoms with Crippen LogP contribution in [0.15, 0.2) is 66.0 Å². The average Bonchev–Trinajstić information content (AvgIpc) is 3.35. The molecule has 188 valence electrons. The van der Waals surface area contributed by atoms with E-state index in [2.05, 4.69) is 11.6 Å². The van der Waals surface area contributed by atoms with E-state index in [0.717, 1.165) is 38.9 Å². The van der Waals surface area contributed by atoms with Gasteiger partial charge in [-0.3, -0.25) is 4.79 Å². The number of nitrogens with zero attached hydrogens (tertiary/aromatic N) is 2. The van der Waals surface area contributed by atoms with Crippen LogP contribution in [-0.4, -0.2) is 16.0 Å². The lowest BCUT2D eigenvalue weighted by atomic mass is 10.1. The third-order valence-corrected chi connectivity index (χ3v) is 7.24. The van der Waals surface area contributed by atoms with Crippen LogP contribution in [-0.2, 0) is 13.0 Å². The van der Waals surface area contributed by atoms with Crippen molar-refractivity contribution in [2.45, 2.75) is 33.8 Å². The minimum Gasteiger partial charge on any atom is -0.490 e. The molecule has 37 heavy (non-hydrogen) atoms. The van der Waals surface area contributed by atoms with E-state index in [0.29, 0.717) is 34.0 Å². The number of benzene rings is 3. The zero-order chi connectivity index (χ0) is 26.1. The predicted molar refractivity (Wildman–Crippen MR) is 147 cm³/mol. The molecule has 0 saturated carbocycles. The van der Waals surface area contributed by atoms with E-state index in [-0.39, 0.29) is 18.0 Å². The van der Waals surface area contributed by atoms with Crippen molar-refractivity contribution in [1.82, 2.24) is 9.38 Å². The van der Waals surface area contributed by atoms with E-state index in [1.165, 1.54) is 23.5 Å². The molecule has 2 aromatic heterocycles. The zero-order valence-corrected chi connectivity index (χ0v) is 21.8. The number of imidazole rings is 1. The smallest absolute Gasteiger partial charge is 0.274 e. The molecule has 0 saturated heterocycles. The van der Waals surface area contributed by atoms with Crippen molar-refractivity contribution in [3.05, 3.63) is 110 Å². The normalized spacial score (nSPS) is 11.9. The van der Waals surface area contributed by atoms with Gasteiger partial charge in [0.2, 0.25) is 0 Å². The van der Waals surface area contributed by atoms with Gasteiger partial charge in [-0.2, -0.15) is 0 Å². The quantitative estimate of drug-likeness (QED) is 0.241. The van der Waals surface area contributed by atoms with Gasteiger partial charge in [0.25, 0.3) is 5.56 Å². The molecule has 0 aliphatic rings. The highest BCUT2D eigenvalue weighted by Gasteiger charge is 2.15. The first-order valence-electron chi connectivity index (χ1n) is 12.1. The molecule has 2 heterocycles. The number of fused-ring (bicyclic) bond motifs is 3. The van der Waals surface area contributed by atoms with Crippen molar-refractivity contribution in [3.8, 4) is 11.5 Å². The van der Waals surface area contributed by atoms with Crippen LogP contribution < -0.4 is 19.6 Å². The standard InChI is InChI=1S/C30H27FN2O3S/c1-5-7-22-14-21(15-26(35-6-2)28(22)36-17-20-8-10-23(31)11-9-20)16-27-29(34)33-25-13-19(4)18(3)12-24(25)32-30(33)37-27/h5,8-16H,1,6-7,17H2,2-4H3/b27-16-. The first-order chi connectivity index (χ1) is 17.9. The molecule has 0 radical (unpaired) electrons. The highest BCUT2D eigenvalue weighted by Crippen LogP contribution is 2.35. The molecule has 0 bridgehead atoms. The maximum Gasteiger partial charge on any atom is 0.274 e. The first-order valence-corrected chi connectivity index (χ1v) is 12.9. The van der Waals surface area contributed by atoms with Crippen LogP contribution in [0.25, 0.3) is 22.1 Å². The molecule has 0 N–H and O–H groups in total. The highest BCUT2D eigenvalue weighted by molar-refractivity contribution is 7.15. The summed E-state index contributed by atoms with van der Waals surface area (Å²) in [6, 6.07) is 14.1. The molecule has 0 spiro atoms. The number of hydrogen-bond donors (Lipinski definition) is 0. The monoisotopic (exact) mass is 514 g/mol. The number of thiazole rings is 1. The van der Waals surface area contributed by atoms with Crippen molar-refractivity contribution in [2.24, 2.45) is 0 Å². The number of ether oxygens (including phenoxy) is 2. The van der Waals surface area contributed by atoms with Crippen molar-refractivity contribution in [2.75, 3.05) is 6.61 Å². The molecular formula is C30H27FN2O3S. The van der Waals surface area contributed by atoms with Gasteiger partial charge in [0, 0.05) is 5.56 Å². The van der Waals surface area contributed by atoms with Crippen LogP contribution in [0.2, 0.25) is 0 Å². The average molecular weight is 515 g/mol. The van der Waals surface area contributed by atoms with Crippen molar-refractivity contribution in [3.63, 3.8) is 0 Å². The summed E-state index contributed by atoms with van der Waals surface area (Å²) in [6.45, 7) is 10.6. The SMILES string of the molecule is C=CCc1cc(/C=c2\sc3nc4cc(C)c(C)cc4n3c2=O)cc(OCC)c1OCc1ccc(F)cc1. The third-order valence-electron chi connectivity index (χ3n) is 6.27. The molecule has 5 rings (SSSR count). The number of aromatic nitrogens is 2. The molecule has 5 aromatic rings. The molecule has 0 amide bonds. The summed E-state index contributed by atoms with van der Waals surface area (Å²) in [5, 5.41) is 0. The minimum atomic E-state index is -0.289. The van der Waals surface area contributed by atoms with E-state index < -0.39 is 0 Å². The van der Waals surface area contributed by atoms with Gasteiger partial charge in [-0.15, -0.1) is 6.58 Å². The number of aryl methyl sites for hydroxylation is 2. The fourth-order valence-electron chi connectivity index (χ4n) is 4.31. The van der Waals surface area contributed by atoms with E-state index in [4.69, 9.17) is 9.47 Å². The molecule has 0 unspecified atom stereocenters. The van der Waals surface area contributed by atoms with Gasteiger partial charge in [-0.1, -0.05) is 29.5 Å². The van der Waals surface area contributed by atoms with Gasteiger partial charge >= 0.3 is 0 Å². The second-order valence-corrected chi connectivity index (χ2v) is 9.93. The van der Waals surface area contributed by atoms with Crippen molar-refractivity contribution in [1.29, 1.82) is 0 Å². The Morgan fingerprint density at radius 1 is 1.08 bits per heavy atom. The van der Waals surface area contributed by atoms with Crippen LogP contribution in [0.4, 0.5) is 4.39 Å². The summed E-state index contributed by atoms with van der Waals surface area (Å²) in [7, 11) is 0. The third kappa shape index (κ3) is 4.87. The minimum absolute atomic E-state index is 0.0920. The lowest BCUT2D eigenvalue weighted by Gasteiger charge is -2.17. The molecule has 7 heteroatoms. The Balaban J connectivity index is 1.58. The zero-order valence-electron chi connectivity index (χ0n) is 21.0. The summed E-state index contributed by atoms with van der Waals surface area (Å²) >= 11 is 1.37. The second-order valence-electron chi connectivity index (χ2n) is 8.92. The topological polar surface area (TPSA) is 52.8 Å². The largest absolute Gasteiger partial charge is 0.490 e. The Kier molecular flexibility index (Phi) is 6.80. The summed E-state index contributed by atoms with van der Waals surface area (Å²) in [6.07, 6.45) is 4.23. The van der Waals surface area contributed by atoms with Crippen molar-refractivity contribution >= 4 is 33.4 Å². The lowest BCUT2D eigenvalue weighted by molar-refractivity contribution is 0.267. The summed E-state index contributed by atoms with van der Waals surface area (Å²) < 4.78 is 27.7. The fraction of sp³-hybridized carbons (Fsp3) is 0.200. The van der Waals surface area contributed by atoms with Gasteiger partial charge in [-0.25, -0.2) is 13.8 Å². The van der Waals surface area contributed by atoms with E-state index in [1.807, 2.05) is 51.1 Å². The van der Waals surface area contributed by atoms with E-state index in [1.54, 1.807) is 22.6 Å². The number of halogens is 1. The second kappa shape index (κ2) is 10.2. The Labute approximate surface area is 218 Å². The van der Waals surface area contributed by atoms with Gasteiger partial charge in [0.15, 0.2) is 16.5 Å². The predicted octanol–water partition coefficient (Wildman–Crippen LogP) is 5.92. The van der Waals surface area contributed by atoms with Gasteiger partial charge in [0.05, 0.1) is 22.2 Å². The summed E-state index contributed by atoms with van der Waals surface area (Å²) in [5.41, 5.74) is 6.39. The molecule has 3 aromatic carbocycles. The molecular weight excluding hydrogens is 487 g/mol.